The molecule has 9 heteroatoms. The van der Waals surface area contributed by atoms with Crippen molar-refractivity contribution in [3.8, 4) is 11.4 Å². The van der Waals surface area contributed by atoms with Gasteiger partial charge in [-0.25, -0.2) is 0 Å². The lowest BCUT2D eigenvalue weighted by Crippen LogP contribution is -2.37. The minimum atomic E-state index is 0. The van der Waals surface area contributed by atoms with E-state index in [1.165, 1.54) is 9.75 Å². The molecule has 2 N–H and O–H groups in total. The van der Waals surface area contributed by atoms with Gasteiger partial charge in [0.1, 0.15) is 0 Å². The predicted octanol–water partition coefficient (Wildman–Crippen LogP) is 4.54. The Bertz CT molecular complexity index is 894. The Morgan fingerprint density at radius 2 is 1.89 bits per heavy atom. The van der Waals surface area contributed by atoms with Crippen LogP contribution in [-0.2, 0) is 19.4 Å². The molecule has 150 valence electrons. The molecule has 0 aliphatic carbocycles. The Balaban J connectivity index is 0.00000280. The average molecular weight is 532 g/mol. The Labute approximate surface area is 190 Å². The van der Waals surface area contributed by atoms with Gasteiger partial charge in [-0.3, -0.25) is 4.99 Å². The van der Waals surface area contributed by atoms with E-state index in [0.29, 0.717) is 29.7 Å². The summed E-state index contributed by atoms with van der Waals surface area (Å²) in [6.07, 6.45) is 1.68. The Kier molecular flexibility index (Phi) is 9.20. The van der Waals surface area contributed by atoms with Crippen molar-refractivity contribution in [3.05, 3.63) is 57.1 Å². The zero-order chi connectivity index (χ0) is 19.1. The first kappa shape index (κ1) is 22.6. The summed E-state index contributed by atoms with van der Waals surface area (Å²) in [5.41, 5.74) is 0.877. The SMILES string of the molecule is CCc1ccc(CNC(=NC)NCCc2nc(-c3ccc(Cl)cc3)no2)s1.I. The van der Waals surface area contributed by atoms with Gasteiger partial charge in [-0.15, -0.1) is 35.3 Å². The summed E-state index contributed by atoms with van der Waals surface area (Å²) in [6, 6.07) is 11.7. The third-order valence-corrected chi connectivity index (χ3v) is 5.40. The minimum absolute atomic E-state index is 0. The molecule has 0 unspecified atom stereocenters. The molecule has 0 aliphatic heterocycles. The van der Waals surface area contributed by atoms with Crippen LogP contribution in [0.4, 0.5) is 0 Å². The van der Waals surface area contributed by atoms with Crippen LogP contribution < -0.4 is 10.6 Å². The van der Waals surface area contributed by atoms with Crippen LogP contribution in [0.3, 0.4) is 0 Å². The number of halogens is 2. The van der Waals surface area contributed by atoms with E-state index in [4.69, 9.17) is 16.1 Å². The largest absolute Gasteiger partial charge is 0.356 e. The van der Waals surface area contributed by atoms with E-state index in [1.807, 2.05) is 23.5 Å². The third-order valence-electron chi connectivity index (χ3n) is 3.92. The van der Waals surface area contributed by atoms with Crippen molar-refractivity contribution < 1.29 is 4.52 Å². The molecule has 2 aromatic heterocycles. The van der Waals surface area contributed by atoms with Gasteiger partial charge in [0, 0.05) is 40.4 Å². The van der Waals surface area contributed by atoms with E-state index >= 15 is 0 Å². The Hall–Kier alpha value is -1.65. The molecule has 0 fully saturated rings. The van der Waals surface area contributed by atoms with E-state index in [9.17, 15) is 0 Å². The van der Waals surface area contributed by atoms with E-state index in [-0.39, 0.29) is 24.0 Å². The highest BCUT2D eigenvalue weighted by Crippen LogP contribution is 2.19. The maximum absolute atomic E-state index is 5.90. The topological polar surface area (TPSA) is 75.3 Å². The molecule has 0 aliphatic rings. The van der Waals surface area contributed by atoms with Gasteiger partial charge in [-0.1, -0.05) is 23.7 Å². The molecule has 0 saturated carbocycles. The number of hydrogen-bond donors (Lipinski definition) is 2. The molecule has 3 aromatic rings. The number of benzene rings is 1. The fourth-order valence-electron chi connectivity index (χ4n) is 2.46. The van der Waals surface area contributed by atoms with Gasteiger partial charge in [0.2, 0.25) is 11.7 Å². The molecule has 2 heterocycles. The summed E-state index contributed by atoms with van der Waals surface area (Å²) < 4.78 is 5.32. The minimum Gasteiger partial charge on any atom is -0.356 e. The normalized spacial score (nSPS) is 11.2. The van der Waals surface area contributed by atoms with Gasteiger partial charge in [-0.05, 0) is 42.8 Å². The molecule has 1 aromatic carbocycles. The maximum Gasteiger partial charge on any atom is 0.228 e. The smallest absolute Gasteiger partial charge is 0.228 e. The summed E-state index contributed by atoms with van der Waals surface area (Å²) in [5, 5.41) is 11.3. The monoisotopic (exact) mass is 531 g/mol. The first-order valence-electron chi connectivity index (χ1n) is 8.78. The molecular weight excluding hydrogens is 509 g/mol. The number of nitrogens with zero attached hydrogens (tertiary/aromatic N) is 3. The van der Waals surface area contributed by atoms with Crippen molar-refractivity contribution >= 4 is 52.9 Å². The molecule has 0 bridgehead atoms. The molecule has 0 atom stereocenters. The van der Waals surface area contributed by atoms with E-state index in [0.717, 1.165) is 24.5 Å². The molecule has 0 amide bonds. The van der Waals surface area contributed by atoms with E-state index in [1.54, 1.807) is 19.2 Å². The van der Waals surface area contributed by atoms with Crippen molar-refractivity contribution in [2.75, 3.05) is 13.6 Å². The highest BCUT2D eigenvalue weighted by atomic mass is 127. The van der Waals surface area contributed by atoms with Gasteiger partial charge < -0.3 is 15.2 Å². The maximum atomic E-state index is 5.90. The van der Waals surface area contributed by atoms with Crippen LogP contribution in [0.5, 0.6) is 0 Å². The van der Waals surface area contributed by atoms with Crippen molar-refractivity contribution in [1.82, 2.24) is 20.8 Å². The zero-order valence-corrected chi connectivity index (χ0v) is 19.6. The number of nitrogens with one attached hydrogen (secondary N) is 2. The van der Waals surface area contributed by atoms with Crippen LogP contribution >= 0.6 is 46.9 Å². The van der Waals surface area contributed by atoms with Gasteiger partial charge in [0.15, 0.2) is 5.96 Å². The quantitative estimate of drug-likeness (QED) is 0.266. The summed E-state index contributed by atoms with van der Waals surface area (Å²) >= 11 is 7.72. The predicted molar refractivity (Wildman–Crippen MR) is 126 cm³/mol. The average Bonchev–Trinajstić information content (AvgIpc) is 3.34. The number of aliphatic imine (C=N–C) groups is 1. The van der Waals surface area contributed by atoms with Crippen LogP contribution in [0, 0.1) is 0 Å². The number of guanidine groups is 1. The Morgan fingerprint density at radius 1 is 1.14 bits per heavy atom. The van der Waals surface area contributed by atoms with Gasteiger partial charge in [0.25, 0.3) is 0 Å². The van der Waals surface area contributed by atoms with E-state index < -0.39 is 0 Å². The highest BCUT2D eigenvalue weighted by Gasteiger charge is 2.09. The number of thiophene rings is 1. The van der Waals surface area contributed by atoms with Crippen LogP contribution in [-0.4, -0.2) is 29.7 Å². The molecule has 0 radical (unpaired) electrons. The first-order chi connectivity index (χ1) is 13.2. The zero-order valence-electron chi connectivity index (χ0n) is 15.7. The lowest BCUT2D eigenvalue weighted by molar-refractivity contribution is 0.378. The second-order valence-electron chi connectivity index (χ2n) is 5.84. The molecule has 3 rings (SSSR count). The van der Waals surface area contributed by atoms with Gasteiger partial charge in [0.05, 0.1) is 6.54 Å². The standard InChI is InChI=1S/C19H22ClN5OS.HI/c1-3-15-8-9-16(27-15)12-23-19(21-2)22-11-10-17-24-18(25-26-17)13-4-6-14(20)7-5-13;/h4-9H,3,10-12H2,1-2H3,(H2,21,22,23);1H. The summed E-state index contributed by atoms with van der Waals surface area (Å²) in [5.74, 6) is 1.89. The molecule has 0 spiro atoms. The number of aryl methyl sites for hydroxylation is 1. The fraction of sp³-hybridized carbons (Fsp3) is 0.316. The second kappa shape index (κ2) is 11.4. The summed E-state index contributed by atoms with van der Waals surface area (Å²) in [4.78, 5) is 11.3. The van der Waals surface area contributed by atoms with Gasteiger partial charge in [-0.2, -0.15) is 4.98 Å². The summed E-state index contributed by atoms with van der Waals surface area (Å²) in [7, 11) is 1.76. The number of hydrogen-bond acceptors (Lipinski definition) is 5. The van der Waals surface area contributed by atoms with Gasteiger partial charge >= 0.3 is 0 Å². The molecule has 0 saturated heterocycles. The second-order valence-corrected chi connectivity index (χ2v) is 7.53. The molecule has 6 nitrogen and oxygen atoms in total. The molecule has 28 heavy (non-hydrogen) atoms. The van der Waals surface area contributed by atoms with Crippen molar-refractivity contribution in [2.24, 2.45) is 4.99 Å². The van der Waals surface area contributed by atoms with Crippen LogP contribution in [0.25, 0.3) is 11.4 Å². The van der Waals surface area contributed by atoms with Crippen molar-refractivity contribution in [2.45, 2.75) is 26.3 Å². The van der Waals surface area contributed by atoms with Crippen LogP contribution in [0.15, 0.2) is 45.9 Å². The van der Waals surface area contributed by atoms with Crippen LogP contribution in [0.2, 0.25) is 5.02 Å². The van der Waals surface area contributed by atoms with Crippen molar-refractivity contribution in [3.63, 3.8) is 0 Å². The third kappa shape index (κ3) is 6.46. The first-order valence-corrected chi connectivity index (χ1v) is 9.98. The van der Waals surface area contributed by atoms with Crippen LogP contribution in [0.1, 0.15) is 22.6 Å². The lowest BCUT2D eigenvalue weighted by Gasteiger charge is -2.10. The fourth-order valence-corrected chi connectivity index (χ4v) is 3.48. The number of rotatable bonds is 7. The summed E-state index contributed by atoms with van der Waals surface area (Å²) in [6.45, 7) is 3.57. The highest BCUT2D eigenvalue weighted by molar-refractivity contribution is 14.0. The lowest BCUT2D eigenvalue weighted by atomic mass is 10.2. The Morgan fingerprint density at radius 3 is 2.57 bits per heavy atom. The van der Waals surface area contributed by atoms with E-state index in [2.05, 4.69) is 44.8 Å². The van der Waals surface area contributed by atoms with Crippen molar-refractivity contribution in [1.29, 1.82) is 0 Å². The molecular formula is C19H23ClIN5OS. The number of aromatic nitrogens is 2.